The van der Waals surface area contributed by atoms with Gasteiger partial charge >= 0.3 is 11.9 Å². The van der Waals surface area contributed by atoms with Gasteiger partial charge in [0.25, 0.3) is 0 Å². The number of hydrogen-bond acceptors (Lipinski definition) is 4. The zero-order valence-electron chi connectivity index (χ0n) is 13.3. The van der Waals surface area contributed by atoms with Crippen LogP contribution in [0.4, 0.5) is 0 Å². The molecule has 20 heavy (non-hydrogen) atoms. The van der Waals surface area contributed by atoms with Crippen molar-refractivity contribution < 1.29 is 19.1 Å². The number of unbranched alkanes of at least 4 members (excludes halogenated alkanes) is 2. The molecular weight excluding hydrogens is 256 g/mol. The Morgan fingerprint density at radius 2 is 1.55 bits per heavy atom. The highest BCUT2D eigenvalue weighted by atomic mass is 16.5. The highest BCUT2D eigenvalue weighted by molar-refractivity contribution is 5.70. The van der Waals surface area contributed by atoms with Gasteiger partial charge < -0.3 is 9.47 Å². The van der Waals surface area contributed by atoms with E-state index in [-0.39, 0.29) is 18.0 Å². The molecule has 0 aliphatic heterocycles. The second kappa shape index (κ2) is 12.9. The molecule has 0 spiro atoms. The maximum atomic E-state index is 11.7. The van der Waals surface area contributed by atoms with Crippen molar-refractivity contribution >= 4 is 11.9 Å². The van der Waals surface area contributed by atoms with Crippen LogP contribution in [0.25, 0.3) is 0 Å². The third kappa shape index (κ3) is 10.8. The van der Waals surface area contributed by atoms with Gasteiger partial charge in [-0.15, -0.1) is 0 Å². The van der Waals surface area contributed by atoms with Crippen LogP contribution in [-0.4, -0.2) is 24.6 Å². The fraction of sp³-hybridized carbons (Fsp3) is 0.875. The van der Waals surface area contributed by atoms with E-state index in [9.17, 15) is 9.59 Å². The van der Waals surface area contributed by atoms with E-state index in [1.54, 1.807) is 0 Å². The number of carbonyl (C=O) groups is 2. The molecule has 0 bridgehead atoms. The molecule has 0 fully saturated rings. The van der Waals surface area contributed by atoms with Crippen molar-refractivity contribution in [2.75, 3.05) is 6.61 Å². The first-order valence-corrected chi connectivity index (χ1v) is 7.99. The predicted octanol–water partition coefficient (Wildman–Crippen LogP) is 4.01. The Bertz CT molecular complexity index is 263. The predicted molar refractivity (Wildman–Crippen MR) is 79.4 cm³/mol. The van der Waals surface area contributed by atoms with E-state index in [0.29, 0.717) is 32.3 Å². The average molecular weight is 286 g/mol. The van der Waals surface area contributed by atoms with Gasteiger partial charge in [-0.1, -0.05) is 33.6 Å². The highest BCUT2D eigenvalue weighted by Crippen LogP contribution is 2.11. The molecule has 0 saturated carbocycles. The normalized spacial score (nSPS) is 11.9. The van der Waals surface area contributed by atoms with E-state index < -0.39 is 0 Å². The standard InChI is InChI=1S/C16H30O4/c1-4-7-10-14(6-3)20-16(18)12-9-8-11-15(17)19-13-5-2/h14H,4-13H2,1-3H3. The highest BCUT2D eigenvalue weighted by Gasteiger charge is 2.12. The summed E-state index contributed by atoms with van der Waals surface area (Å²) >= 11 is 0. The Morgan fingerprint density at radius 3 is 2.10 bits per heavy atom. The lowest BCUT2D eigenvalue weighted by Crippen LogP contribution is -2.17. The van der Waals surface area contributed by atoms with Gasteiger partial charge in [-0.2, -0.15) is 0 Å². The number of rotatable bonds is 12. The molecule has 0 aliphatic rings. The lowest BCUT2D eigenvalue weighted by atomic mass is 10.1. The summed E-state index contributed by atoms with van der Waals surface area (Å²) in [6.45, 7) is 6.62. The van der Waals surface area contributed by atoms with E-state index >= 15 is 0 Å². The van der Waals surface area contributed by atoms with Crippen molar-refractivity contribution in [1.82, 2.24) is 0 Å². The molecule has 4 heteroatoms. The van der Waals surface area contributed by atoms with Gasteiger partial charge in [0, 0.05) is 12.8 Å². The summed E-state index contributed by atoms with van der Waals surface area (Å²) in [5, 5.41) is 0. The van der Waals surface area contributed by atoms with E-state index in [4.69, 9.17) is 9.47 Å². The van der Waals surface area contributed by atoms with Crippen LogP contribution >= 0.6 is 0 Å². The van der Waals surface area contributed by atoms with Gasteiger partial charge in [-0.25, -0.2) is 0 Å². The molecule has 0 rings (SSSR count). The minimum atomic E-state index is -0.172. The van der Waals surface area contributed by atoms with E-state index in [1.807, 2.05) is 13.8 Å². The monoisotopic (exact) mass is 286 g/mol. The molecular formula is C16H30O4. The minimum Gasteiger partial charge on any atom is -0.466 e. The molecule has 0 radical (unpaired) electrons. The third-order valence-corrected chi connectivity index (χ3v) is 3.11. The topological polar surface area (TPSA) is 52.6 Å². The molecule has 0 aromatic heterocycles. The van der Waals surface area contributed by atoms with Gasteiger partial charge in [0.1, 0.15) is 6.10 Å². The Labute approximate surface area is 123 Å². The first kappa shape index (κ1) is 18.9. The molecule has 0 amide bonds. The zero-order chi connectivity index (χ0) is 15.2. The van der Waals surface area contributed by atoms with Crippen molar-refractivity contribution in [3.05, 3.63) is 0 Å². The Kier molecular flexibility index (Phi) is 12.3. The average Bonchev–Trinajstić information content (AvgIpc) is 2.45. The third-order valence-electron chi connectivity index (χ3n) is 3.11. The molecule has 1 atom stereocenters. The number of carbonyl (C=O) groups excluding carboxylic acids is 2. The summed E-state index contributed by atoms with van der Waals surface area (Å²) in [5.74, 6) is -0.315. The van der Waals surface area contributed by atoms with Crippen molar-refractivity contribution in [2.24, 2.45) is 0 Å². The molecule has 118 valence electrons. The first-order valence-electron chi connectivity index (χ1n) is 7.99. The maximum Gasteiger partial charge on any atom is 0.306 e. The summed E-state index contributed by atoms with van der Waals surface area (Å²) in [5.41, 5.74) is 0. The van der Waals surface area contributed by atoms with Crippen LogP contribution in [0.15, 0.2) is 0 Å². The fourth-order valence-electron chi connectivity index (χ4n) is 1.85. The van der Waals surface area contributed by atoms with Gasteiger partial charge in [-0.3, -0.25) is 9.59 Å². The van der Waals surface area contributed by atoms with Gasteiger partial charge in [0.2, 0.25) is 0 Å². The number of esters is 2. The van der Waals surface area contributed by atoms with E-state index in [1.165, 1.54) is 0 Å². The zero-order valence-corrected chi connectivity index (χ0v) is 13.3. The van der Waals surface area contributed by atoms with Gasteiger partial charge in [0.15, 0.2) is 0 Å². The fourth-order valence-corrected chi connectivity index (χ4v) is 1.85. The van der Waals surface area contributed by atoms with Crippen molar-refractivity contribution in [3.63, 3.8) is 0 Å². The van der Waals surface area contributed by atoms with Crippen LogP contribution < -0.4 is 0 Å². The van der Waals surface area contributed by atoms with Crippen LogP contribution in [0.1, 0.15) is 78.6 Å². The summed E-state index contributed by atoms with van der Waals surface area (Å²) in [6.07, 6.45) is 7.07. The molecule has 1 unspecified atom stereocenters. The summed E-state index contributed by atoms with van der Waals surface area (Å²) in [4.78, 5) is 22.9. The largest absolute Gasteiger partial charge is 0.466 e. The second-order valence-electron chi connectivity index (χ2n) is 5.09. The molecule has 4 nitrogen and oxygen atoms in total. The maximum absolute atomic E-state index is 11.7. The first-order chi connectivity index (χ1) is 9.63. The smallest absolute Gasteiger partial charge is 0.306 e. The molecule has 0 saturated heterocycles. The van der Waals surface area contributed by atoms with Crippen LogP contribution in [0.5, 0.6) is 0 Å². The Hall–Kier alpha value is -1.06. The van der Waals surface area contributed by atoms with Crippen molar-refractivity contribution in [3.8, 4) is 0 Å². The number of hydrogen-bond donors (Lipinski definition) is 0. The van der Waals surface area contributed by atoms with Crippen LogP contribution in [0.2, 0.25) is 0 Å². The van der Waals surface area contributed by atoms with Crippen LogP contribution in [0, 0.1) is 0 Å². The Balaban J connectivity index is 3.63. The van der Waals surface area contributed by atoms with Crippen molar-refractivity contribution in [1.29, 1.82) is 0 Å². The SMILES string of the molecule is CCCCC(CC)OC(=O)CCCCC(=O)OCCC. The van der Waals surface area contributed by atoms with E-state index in [0.717, 1.165) is 32.1 Å². The van der Waals surface area contributed by atoms with E-state index in [2.05, 4.69) is 6.92 Å². The van der Waals surface area contributed by atoms with Crippen LogP contribution in [0.3, 0.4) is 0 Å². The molecule has 0 heterocycles. The quantitative estimate of drug-likeness (QED) is 0.402. The molecule has 0 N–H and O–H groups in total. The summed E-state index contributed by atoms with van der Waals surface area (Å²) < 4.78 is 10.4. The summed E-state index contributed by atoms with van der Waals surface area (Å²) in [7, 11) is 0. The number of ether oxygens (including phenoxy) is 2. The summed E-state index contributed by atoms with van der Waals surface area (Å²) in [6, 6.07) is 0. The minimum absolute atomic E-state index is 0.0527. The van der Waals surface area contributed by atoms with Gasteiger partial charge in [-0.05, 0) is 32.1 Å². The lowest BCUT2D eigenvalue weighted by Gasteiger charge is -2.15. The second-order valence-corrected chi connectivity index (χ2v) is 5.09. The molecule has 0 aliphatic carbocycles. The van der Waals surface area contributed by atoms with Crippen LogP contribution in [-0.2, 0) is 19.1 Å². The Morgan fingerprint density at radius 1 is 0.900 bits per heavy atom. The molecule has 0 aromatic carbocycles. The molecule has 0 aromatic rings. The van der Waals surface area contributed by atoms with Crippen molar-refractivity contribution in [2.45, 2.75) is 84.7 Å². The lowest BCUT2D eigenvalue weighted by molar-refractivity contribution is -0.150. The van der Waals surface area contributed by atoms with Gasteiger partial charge in [0.05, 0.1) is 6.61 Å².